The first-order chi connectivity index (χ1) is 8.25. The highest BCUT2D eigenvalue weighted by molar-refractivity contribution is 8.13. The van der Waals surface area contributed by atoms with Gasteiger partial charge in [-0.3, -0.25) is 4.79 Å². The second-order valence-electron chi connectivity index (χ2n) is 3.09. The largest absolute Gasteiger partial charge is 0.495 e. The van der Waals surface area contributed by atoms with Gasteiger partial charge < -0.3 is 10.1 Å². The predicted molar refractivity (Wildman–Crippen MR) is 60.7 cm³/mol. The van der Waals surface area contributed by atoms with Crippen LogP contribution in [0.4, 0.5) is 14.5 Å². The average molecular weight is 300 g/mol. The topological polar surface area (TPSA) is 72.5 Å². The van der Waals surface area contributed by atoms with Gasteiger partial charge in [0.15, 0.2) is 0 Å². The number of benzene rings is 1. The van der Waals surface area contributed by atoms with Gasteiger partial charge in [-0.2, -0.15) is 8.78 Å². The van der Waals surface area contributed by atoms with E-state index in [2.05, 4.69) is 0 Å². The van der Waals surface area contributed by atoms with Crippen LogP contribution in [0.5, 0.6) is 5.75 Å². The first-order valence-electron chi connectivity index (χ1n) is 4.47. The lowest BCUT2D eigenvalue weighted by atomic mass is 10.3. The quantitative estimate of drug-likeness (QED) is 0.861. The summed E-state index contributed by atoms with van der Waals surface area (Å²) in [7, 11) is 2.31. The average Bonchev–Trinajstić information content (AvgIpc) is 2.27. The first-order valence-corrected chi connectivity index (χ1v) is 6.78. The number of hydrogen-bond donors (Lipinski definition) is 1. The summed E-state index contributed by atoms with van der Waals surface area (Å²) in [5.41, 5.74) is -0.204. The lowest BCUT2D eigenvalue weighted by Gasteiger charge is -2.10. The number of anilines is 1. The summed E-state index contributed by atoms with van der Waals surface area (Å²) in [6.45, 7) is 0. The minimum absolute atomic E-state index is 0.0352. The molecule has 1 aromatic carbocycles. The van der Waals surface area contributed by atoms with Crippen molar-refractivity contribution in [1.82, 2.24) is 0 Å². The van der Waals surface area contributed by atoms with Crippen molar-refractivity contribution in [3.63, 3.8) is 0 Å². The molecule has 0 fully saturated rings. The molecule has 0 bridgehead atoms. The third kappa shape index (κ3) is 3.54. The van der Waals surface area contributed by atoms with Gasteiger partial charge in [0.2, 0.25) is 0 Å². The molecule has 1 N–H and O–H groups in total. The Labute approximate surface area is 106 Å². The maximum absolute atomic E-state index is 12.1. The van der Waals surface area contributed by atoms with Gasteiger partial charge >= 0.3 is 6.43 Å². The summed E-state index contributed by atoms with van der Waals surface area (Å²) in [4.78, 5) is 10.5. The minimum Gasteiger partial charge on any atom is -0.495 e. The van der Waals surface area contributed by atoms with Crippen molar-refractivity contribution in [3.8, 4) is 5.75 Å². The van der Waals surface area contributed by atoms with Crippen LogP contribution in [0.2, 0.25) is 0 Å². The van der Waals surface area contributed by atoms with E-state index in [0.29, 0.717) is 0 Å². The summed E-state index contributed by atoms with van der Waals surface area (Å²) >= 11 is 0. The lowest BCUT2D eigenvalue weighted by Crippen LogP contribution is -2.20. The molecule has 0 saturated carbocycles. The van der Waals surface area contributed by atoms with Crippen LogP contribution >= 0.6 is 10.7 Å². The van der Waals surface area contributed by atoms with E-state index in [1.165, 1.54) is 13.2 Å². The Morgan fingerprint density at radius 1 is 1.44 bits per heavy atom. The second kappa shape index (κ2) is 5.49. The van der Waals surface area contributed by atoms with E-state index in [4.69, 9.17) is 15.4 Å². The fourth-order valence-corrected chi connectivity index (χ4v) is 1.90. The van der Waals surface area contributed by atoms with Crippen LogP contribution in [-0.2, 0) is 13.8 Å². The predicted octanol–water partition coefficient (Wildman–Crippen LogP) is 1.83. The van der Waals surface area contributed by atoms with Crippen molar-refractivity contribution in [1.29, 1.82) is 0 Å². The smallest absolute Gasteiger partial charge is 0.315 e. The van der Waals surface area contributed by atoms with Crippen LogP contribution in [0.3, 0.4) is 0 Å². The summed E-state index contributed by atoms with van der Waals surface area (Å²) in [6.07, 6.45) is -3.23. The molecule has 0 atom stereocenters. The number of rotatable bonds is 4. The Morgan fingerprint density at radius 2 is 2.06 bits per heavy atom. The van der Waals surface area contributed by atoms with Gasteiger partial charge in [-0.25, -0.2) is 8.42 Å². The molecule has 0 saturated heterocycles. The number of carbonyl (C=O) groups excluding carboxylic acids is 1. The van der Waals surface area contributed by atoms with Crippen molar-refractivity contribution in [2.45, 2.75) is 11.3 Å². The molecule has 0 aliphatic carbocycles. The van der Waals surface area contributed by atoms with Gasteiger partial charge in [-0.15, -0.1) is 0 Å². The highest BCUT2D eigenvalue weighted by Crippen LogP contribution is 2.29. The summed E-state index contributed by atoms with van der Waals surface area (Å²) in [5.74, 6) is -1.54. The molecule has 1 aromatic rings. The van der Waals surface area contributed by atoms with Crippen molar-refractivity contribution in [3.05, 3.63) is 18.2 Å². The Balaban J connectivity index is 3.19. The van der Waals surface area contributed by atoms with Crippen LogP contribution in [0.25, 0.3) is 0 Å². The zero-order chi connectivity index (χ0) is 13.9. The molecule has 0 heterocycles. The monoisotopic (exact) mass is 299 g/mol. The Kier molecular flexibility index (Phi) is 4.47. The standard InChI is InChI=1S/C9H8ClF2NO4S/c1-17-7-3-2-5(18(10,15)16)4-6(7)13-9(14)8(11)12/h2-4,8H,1H3,(H,13,14). The number of carbonyl (C=O) groups is 1. The molecule has 0 aliphatic rings. The number of alkyl halides is 2. The summed E-state index contributed by atoms with van der Waals surface area (Å²) in [5, 5.41) is 1.84. The third-order valence-corrected chi connectivity index (χ3v) is 3.26. The van der Waals surface area contributed by atoms with E-state index < -0.39 is 21.4 Å². The molecule has 18 heavy (non-hydrogen) atoms. The highest BCUT2D eigenvalue weighted by atomic mass is 35.7. The van der Waals surface area contributed by atoms with Crippen molar-refractivity contribution >= 4 is 31.3 Å². The molecular weight excluding hydrogens is 292 g/mol. The molecule has 1 amide bonds. The second-order valence-corrected chi connectivity index (χ2v) is 5.66. The maximum atomic E-state index is 12.1. The van der Waals surface area contributed by atoms with Gasteiger partial charge in [0, 0.05) is 10.7 Å². The first kappa shape index (κ1) is 14.7. The minimum atomic E-state index is -4.03. The van der Waals surface area contributed by atoms with Gasteiger partial charge in [0.1, 0.15) is 5.75 Å². The Hall–Kier alpha value is -1.41. The number of halogens is 3. The number of amides is 1. The number of ether oxygens (including phenoxy) is 1. The van der Waals surface area contributed by atoms with E-state index in [0.717, 1.165) is 12.1 Å². The summed E-state index contributed by atoms with van der Waals surface area (Å²) in [6, 6.07) is 3.25. The molecule has 0 radical (unpaired) electrons. The van der Waals surface area contributed by atoms with Crippen LogP contribution in [0.15, 0.2) is 23.1 Å². The van der Waals surface area contributed by atoms with E-state index >= 15 is 0 Å². The van der Waals surface area contributed by atoms with E-state index in [1.807, 2.05) is 5.32 Å². The fourth-order valence-electron chi connectivity index (χ4n) is 1.12. The molecule has 9 heteroatoms. The molecule has 0 aromatic heterocycles. The van der Waals surface area contributed by atoms with Crippen LogP contribution in [-0.4, -0.2) is 27.9 Å². The third-order valence-electron chi connectivity index (χ3n) is 1.91. The molecular formula is C9H8ClF2NO4S. The molecule has 1 rings (SSSR count). The number of nitrogens with one attached hydrogen (secondary N) is 1. The van der Waals surface area contributed by atoms with E-state index in [1.54, 1.807) is 0 Å². The summed E-state index contributed by atoms with van der Waals surface area (Å²) < 4.78 is 51.1. The van der Waals surface area contributed by atoms with Crippen LogP contribution < -0.4 is 10.1 Å². The number of hydrogen-bond acceptors (Lipinski definition) is 4. The molecule has 0 spiro atoms. The van der Waals surface area contributed by atoms with E-state index in [9.17, 15) is 22.0 Å². The zero-order valence-corrected chi connectivity index (χ0v) is 10.6. The van der Waals surface area contributed by atoms with Gasteiger partial charge in [0.05, 0.1) is 17.7 Å². The van der Waals surface area contributed by atoms with E-state index in [-0.39, 0.29) is 16.3 Å². The van der Waals surface area contributed by atoms with Crippen molar-refractivity contribution in [2.24, 2.45) is 0 Å². The van der Waals surface area contributed by atoms with Crippen molar-refractivity contribution in [2.75, 3.05) is 12.4 Å². The lowest BCUT2D eigenvalue weighted by molar-refractivity contribution is -0.126. The SMILES string of the molecule is COc1ccc(S(=O)(=O)Cl)cc1NC(=O)C(F)F. The molecule has 0 unspecified atom stereocenters. The fraction of sp³-hybridized carbons (Fsp3) is 0.222. The zero-order valence-electron chi connectivity index (χ0n) is 8.98. The maximum Gasteiger partial charge on any atom is 0.315 e. The number of methoxy groups -OCH3 is 1. The van der Waals surface area contributed by atoms with Gasteiger partial charge in [-0.05, 0) is 18.2 Å². The van der Waals surface area contributed by atoms with Crippen molar-refractivity contribution < 1.29 is 26.7 Å². The highest BCUT2D eigenvalue weighted by Gasteiger charge is 2.19. The normalized spacial score (nSPS) is 11.4. The molecule has 100 valence electrons. The van der Waals surface area contributed by atoms with Crippen LogP contribution in [0.1, 0.15) is 0 Å². The van der Waals surface area contributed by atoms with Gasteiger partial charge in [-0.1, -0.05) is 0 Å². The Bertz CT molecular complexity index is 562. The Morgan fingerprint density at radius 3 is 2.50 bits per heavy atom. The molecule has 5 nitrogen and oxygen atoms in total. The molecule has 0 aliphatic heterocycles. The van der Waals surface area contributed by atoms with Crippen LogP contribution in [0, 0.1) is 0 Å². The van der Waals surface area contributed by atoms with Gasteiger partial charge in [0.25, 0.3) is 15.0 Å².